The summed E-state index contributed by atoms with van der Waals surface area (Å²) in [7, 11) is 0. The van der Waals surface area contributed by atoms with E-state index >= 15 is 0 Å². The molecule has 1 fully saturated rings. The van der Waals surface area contributed by atoms with E-state index in [9.17, 15) is 4.79 Å². The summed E-state index contributed by atoms with van der Waals surface area (Å²) < 4.78 is 5.52. The number of carbonyl (C=O) groups is 1. The normalized spacial score (nSPS) is 16.9. The second-order valence-corrected chi connectivity index (χ2v) is 4.79. The highest BCUT2D eigenvalue weighted by molar-refractivity contribution is 5.77. The van der Waals surface area contributed by atoms with Gasteiger partial charge < -0.3 is 20.5 Å². The molecule has 2 rings (SSSR count). The van der Waals surface area contributed by atoms with Gasteiger partial charge in [0.05, 0.1) is 5.60 Å². The van der Waals surface area contributed by atoms with E-state index in [1.165, 1.54) is 0 Å². The third-order valence-corrected chi connectivity index (χ3v) is 2.98. The fourth-order valence-electron chi connectivity index (χ4n) is 1.68. The highest BCUT2D eigenvalue weighted by atomic mass is 16.5. The van der Waals surface area contributed by atoms with E-state index in [0.29, 0.717) is 6.54 Å². The molecular formula is C13H18N2O3. The topological polar surface area (TPSA) is 70.6 Å². The van der Waals surface area contributed by atoms with Crippen LogP contribution in [0.4, 0.5) is 0 Å². The zero-order valence-corrected chi connectivity index (χ0v) is 10.4. The predicted octanol–water partition coefficient (Wildman–Crippen LogP) is 0.387. The van der Waals surface area contributed by atoms with Crippen molar-refractivity contribution >= 4 is 5.91 Å². The van der Waals surface area contributed by atoms with E-state index in [2.05, 4.69) is 10.6 Å². The Morgan fingerprint density at radius 3 is 2.67 bits per heavy atom. The van der Waals surface area contributed by atoms with Gasteiger partial charge in [0.1, 0.15) is 12.4 Å². The lowest BCUT2D eigenvalue weighted by Gasteiger charge is -2.38. The van der Waals surface area contributed by atoms with Gasteiger partial charge in [-0.05, 0) is 24.6 Å². The lowest BCUT2D eigenvalue weighted by atomic mass is 10.0. The summed E-state index contributed by atoms with van der Waals surface area (Å²) in [6.45, 7) is 4.08. The van der Waals surface area contributed by atoms with Gasteiger partial charge in [-0.25, -0.2) is 0 Å². The van der Waals surface area contributed by atoms with Crippen molar-refractivity contribution in [2.75, 3.05) is 19.7 Å². The average molecular weight is 250 g/mol. The number of nitrogens with one attached hydrogen (secondary N) is 2. The standard InChI is InChI=1S/C13H18N2O3/c1-13(8-14-9-13)18-7-12(17)15-6-10-2-4-11(16)5-3-10/h2-5,14,16H,6-9H2,1H3,(H,15,17). The number of aromatic hydroxyl groups is 1. The summed E-state index contributed by atoms with van der Waals surface area (Å²) in [4.78, 5) is 11.6. The van der Waals surface area contributed by atoms with Gasteiger partial charge in [0.25, 0.3) is 0 Å². The fraction of sp³-hybridized carbons (Fsp3) is 0.462. The molecule has 0 bridgehead atoms. The maximum atomic E-state index is 11.6. The Kier molecular flexibility index (Phi) is 3.84. The predicted molar refractivity (Wildman–Crippen MR) is 67.2 cm³/mol. The number of phenolic OH excluding ortho intramolecular Hbond substituents is 1. The lowest BCUT2D eigenvalue weighted by molar-refractivity contribution is -0.136. The number of rotatable bonds is 5. The van der Waals surface area contributed by atoms with Gasteiger partial charge in [-0.15, -0.1) is 0 Å². The van der Waals surface area contributed by atoms with Crippen molar-refractivity contribution in [1.82, 2.24) is 10.6 Å². The number of hydrogen-bond donors (Lipinski definition) is 3. The second kappa shape index (κ2) is 5.37. The molecule has 0 unspecified atom stereocenters. The van der Waals surface area contributed by atoms with Gasteiger partial charge in [-0.3, -0.25) is 4.79 Å². The maximum absolute atomic E-state index is 11.6. The Hall–Kier alpha value is -1.59. The summed E-state index contributed by atoms with van der Waals surface area (Å²) in [6.07, 6.45) is 0. The van der Waals surface area contributed by atoms with Crippen molar-refractivity contribution < 1.29 is 14.6 Å². The molecule has 1 aliphatic heterocycles. The van der Waals surface area contributed by atoms with Crippen molar-refractivity contribution in [3.8, 4) is 5.75 Å². The Morgan fingerprint density at radius 1 is 1.44 bits per heavy atom. The van der Waals surface area contributed by atoms with Crippen molar-refractivity contribution in [3.05, 3.63) is 29.8 Å². The molecule has 1 amide bonds. The molecule has 1 saturated heterocycles. The quantitative estimate of drug-likeness (QED) is 0.707. The highest BCUT2D eigenvalue weighted by Gasteiger charge is 2.32. The van der Waals surface area contributed by atoms with Crippen LogP contribution in [-0.2, 0) is 16.1 Å². The zero-order valence-electron chi connectivity index (χ0n) is 10.4. The van der Waals surface area contributed by atoms with E-state index in [0.717, 1.165) is 18.7 Å². The molecule has 18 heavy (non-hydrogen) atoms. The summed E-state index contributed by atoms with van der Waals surface area (Å²) in [6, 6.07) is 6.74. The van der Waals surface area contributed by atoms with Gasteiger partial charge in [0.2, 0.25) is 5.91 Å². The minimum Gasteiger partial charge on any atom is -0.508 e. The molecule has 1 aromatic carbocycles. The van der Waals surface area contributed by atoms with Crippen LogP contribution in [0.2, 0.25) is 0 Å². The summed E-state index contributed by atoms with van der Waals surface area (Å²) >= 11 is 0. The number of carbonyl (C=O) groups excluding carboxylic acids is 1. The second-order valence-electron chi connectivity index (χ2n) is 4.79. The Balaban J connectivity index is 1.69. The van der Waals surface area contributed by atoms with Crippen LogP contribution in [0.25, 0.3) is 0 Å². The largest absolute Gasteiger partial charge is 0.508 e. The van der Waals surface area contributed by atoms with Crippen molar-refractivity contribution in [2.45, 2.75) is 19.1 Å². The van der Waals surface area contributed by atoms with Crippen LogP contribution in [0.5, 0.6) is 5.75 Å². The van der Waals surface area contributed by atoms with Crippen molar-refractivity contribution in [1.29, 1.82) is 0 Å². The minimum absolute atomic E-state index is 0.0796. The first-order chi connectivity index (χ1) is 8.57. The van der Waals surface area contributed by atoms with Crippen molar-refractivity contribution in [2.24, 2.45) is 0 Å². The summed E-state index contributed by atoms with van der Waals surface area (Å²) in [5.41, 5.74) is 0.744. The first-order valence-corrected chi connectivity index (χ1v) is 5.97. The molecule has 0 radical (unpaired) electrons. The molecule has 0 aliphatic carbocycles. The molecule has 0 saturated carbocycles. The number of amides is 1. The van der Waals surface area contributed by atoms with Crippen LogP contribution < -0.4 is 10.6 Å². The molecule has 0 aromatic heterocycles. The van der Waals surface area contributed by atoms with Gasteiger partial charge in [0, 0.05) is 19.6 Å². The molecule has 1 aliphatic rings. The third kappa shape index (κ3) is 3.45. The number of ether oxygens (including phenoxy) is 1. The third-order valence-electron chi connectivity index (χ3n) is 2.98. The Bertz CT molecular complexity index is 413. The van der Waals surface area contributed by atoms with Crippen LogP contribution in [0.3, 0.4) is 0 Å². The Labute approximate surface area is 106 Å². The van der Waals surface area contributed by atoms with Crippen LogP contribution >= 0.6 is 0 Å². The zero-order chi connectivity index (χ0) is 13.0. The monoisotopic (exact) mass is 250 g/mol. The number of hydrogen-bond acceptors (Lipinski definition) is 4. The van der Waals surface area contributed by atoms with E-state index in [1.54, 1.807) is 24.3 Å². The lowest BCUT2D eigenvalue weighted by Crippen LogP contribution is -2.59. The number of phenols is 1. The SMILES string of the molecule is CC1(OCC(=O)NCc2ccc(O)cc2)CNC1. The van der Waals surface area contributed by atoms with E-state index in [4.69, 9.17) is 9.84 Å². The van der Waals surface area contributed by atoms with Crippen LogP contribution in [0.1, 0.15) is 12.5 Å². The molecule has 3 N–H and O–H groups in total. The summed E-state index contributed by atoms with van der Waals surface area (Å²) in [5.74, 6) is 0.0926. The molecule has 5 heteroatoms. The first-order valence-electron chi connectivity index (χ1n) is 5.97. The van der Waals surface area contributed by atoms with Gasteiger partial charge in [-0.1, -0.05) is 12.1 Å². The maximum Gasteiger partial charge on any atom is 0.246 e. The van der Waals surface area contributed by atoms with E-state index < -0.39 is 0 Å². The van der Waals surface area contributed by atoms with Crippen LogP contribution in [0.15, 0.2) is 24.3 Å². The van der Waals surface area contributed by atoms with Gasteiger partial charge >= 0.3 is 0 Å². The first kappa shape index (κ1) is 12.9. The van der Waals surface area contributed by atoms with Crippen LogP contribution in [-0.4, -0.2) is 36.3 Å². The Morgan fingerprint density at radius 2 is 2.11 bits per heavy atom. The molecule has 0 spiro atoms. The fourth-order valence-corrected chi connectivity index (χ4v) is 1.68. The van der Waals surface area contributed by atoms with Gasteiger partial charge in [-0.2, -0.15) is 0 Å². The molecule has 98 valence electrons. The number of benzene rings is 1. The van der Waals surface area contributed by atoms with E-state index in [-0.39, 0.29) is 23.9 Å². The molecule has 5 nitrogen and oxygen atoms in total. The smallest absolute Gasteiger partial charge is 0.246 e. The minimum atomic E-state index is -0.199. The van der Waals surface area contributed by atoms with E-state index in [1.807, 2.05) is 6.92 Å². The van der Waals surface area contributed by atoms with Crippen molar-refractivity contribution in [3.63, 3.8) is 0 Å². The van der Waals surface area contributed by atoms with Gasteiger partial charge in [0.15, 0.2) is 0 Å². The highest BCUT2D eigenvalue weighted by Crippen LogP contribution is 2.14. The molecule has 0 atom stereocenters. The molecular weight excluding hydrogens is 232 g/mol. The summed E-state index contributed by atoms with van der Waals surface area (Å²) in [5, 5.41) is 15.0. The molecule has 1 heterocycles. The molecule has 1 aromatic rings. The van der Waals surface area contributed by atoms with Crippen LogP contribution in [0, 0.1) is 0 Å². The average Bonchev–Trinajstić information content (AvgIpc) is 2.33.